The highest BCUT2D eigenvalue weighted by Crippen LogP contribution is 2.30. The monoisotopic (exact) mass is 557 g/mol. The van der Waals surface area contributed by atoms with Crippen LogP contribution in [0.1, 0.15) is 36.5 Å². The highest BCUT2D eigenvalue weighted by Gasteiger charge is 2.24. The van der Waals surface area contributed by atoms with Gasteiger partial charge in [-0.05, 0) is 49.1 Å². The van der Waals surface area contributed by atoms with E-state index < -0.39 is 11.9 Å². The molecule has 0 unspecified atom stereocenters. The Kier molecular flexibility index (Phi) is 11.0. The van der Waals surface area contributed by atoms with Crippen LogP contribution in [0.5, 0.6) is 0 Å². The number of nitrogens with zero attached hydrogens (tertiary/aromatic N) is 4. The van der Waals surface area contributed by atoms with E-state index in [2.05, 4.69) is 81.0 Å². The molecule has 5 rings (SSSR count). The number of piperidine rings is 1. The molecule has 10 nitrogen and oxygen atoms in total. The van der Waals surface area contributed by atoms with Gasteiger partial charge in [-0.25, -0.2) is 19.1 Å². The van der Waals surface area contributed by atoms with Crippen molar-refractivity contribution in [1.82, 2.24) is 19.5 Å². The van der Waals surface area contributed by atoms with Crippen molar-refractivity contribution in [2.45, 2.75) is 31.5 Å². The fraction of sp³-hybridized carbons (Fsp3) is 0.290. The number of aromatic nitrogens is 3. The molecule has 4 aromatic rings. The maximum Gasteiger partial charge on any atom is 0.328 e. The van der Waals surface area contributed by atoms with E-state index in [1.807, 2.05) is 18.3 Å². The number of nitrogens with one attached hydrogen (secondary N) is 1. The first kappa shape index (κ1) is 29.4. The Bertz CT molecular complexity index is 1350. The summed E-state index contributed by atoms with van der Waals surface area (Å²) in [7, 11) is 0. The second-order valence-corrected chi connectivity index (χ2v) is 9.62. The van der Waals surface area contributed by atoms with Crippen molar-refractivity contribution in [3.05, 3.63) is 108 Å². The summed E-state index contributed by atoms with van der Waals surface area (Å²) >= 11 is 0. The first-order valence-corrected chi connectivity index (χ1v) is 13.6. The molecule has 214 valence electrons. The molecule has 41 heavy (non-hydrogen) atoms. The smallest absolute Gasteiger partial charge is 0.328 e. The van der Waals surface area contributed by atoms with Crippen molar-refractivity contribution in [2.24, 2.45) is 0 Å². The highest BCUT2D eigenvalue weighted by atomic mass is 16.5. The molecular formula is C31H35N5O5. The van der Waals surface area contributed by atoms with E-state index in [1.165, 1.54) is 11.1 Å². The van der Waals surface area contributed by atoms with Crippen LogP contribution in [0.4, 0.5) is 5.82 Å². The number of hydrogen-bond donors (Lipinski definition) is 3. The molecule has 1 aliphatic heterocycles. The van der Waals surface area contributed by atoms with Crippen molar-refractivity contribution in [2.75, 3.05) is 31.5 Å². The van der Waals surface area contributed by atoms with E-state index in [0.717, 1.165) is 56.9 Å². The molecule has 2 aromatic heterocycles. The molecule has 0 spiro atoms. The van der Waals surface area contributed by atoms with E-state index in [4.69, 9.17) is 14.9 Å². The van der Waals surface area contributed by atoms with Gasteiger partial charge in [0.2, 0.25) is 0 Å². The number of imidazole rings is 1. The van der Waals surface area contributed by atoms with Gasteiger partial charge in [0.25, 0.3) is 0 Å². The number of hydrogen-bond acceptors (Lipinski definition) is 7. The molecular weight excluding hydrogens is 522 g/mol. The lowest BCUT2D eigenvalue weighted by Crippen LogP contribution is -2.38. The maximum atomic E-state index is 9.55. The van der Waals surface area contributed by atoms with Crippen LogP contribution < -0.4 is 5.32 Å². The summed E-state index contributed by atoms with van der Waals surface area (Å²) in [6, 6.07) is 25.1. The fourth-order valence-corrected chi connectivity index (χ4v) is 4.64. The number of anilines is 1. The molecule has 0 saturated carbocycles. The quantitative estimate of drug-likeness (QED) is 0.180. The SMILES string of the molecule is O=C(O)C=CC(=O)O.c1ccc(C(OC2CCN(CCCNc3ccc4nccn4n3)CC2)c2ccccc2)cc1. The summed E-state index contributed by atoms with van der Waals surface area (Å²) in [6.07, 6.45) is 8.26. The van der Waals surface area contributed by atoms with E-state index in [1.54, 1.807) is 10.7 Å². The van der Waals surface area contributed by atoms with E-state index in [-0.39, 0.29) is 12.2 Å². The molecule has 0 radical (unpaired) electrons. The Balaban J connectivity index is 0.000000426. The predicted octanol–water partition coefficient (Wildman–Crippen LogP) is 4.51. The summed E-state index contributed by atoms with van der Waals surface area (Å²) < 4.78 is 8.47. The molecule has 2 aromatic carbocycles. The Labute approximate surface area is 238 Å². The number of fused-ring (bicyclic) bond motifs is 1. The zero-order chi connectivity index (χ0) is 28.9. The number of aliphatic carboxylic acids is 2. The van der Waals surface area contributed by atoms with Crippen LogP contribution in [-0.2, 0) is 14.3 Å². The van der Waals surface area contributed by atoms with Crippen molar-refractivity contribution >= 4 is 23.4 Å². The maximum absolute atomic E-state index is 9.55. The van der Waals surface area contributed by atoms with Gasteiger partial charge in [-0.15, -0.1) is 5.10 Å². The Morgan fingerprint density at radius 1 is 0.927 bits per heavy atom. The third kappa shape index (κ3) is 9.55. The Morgan fingerprint density at radius 3 is 2.12 bits per heavy atom. The molecule has 0 bridgehead atoms. The van der Waals surface area contributed by atoms with Gasteiger partial charge in [0, 0.05) is 44.2 Å². The first-order valence-electron chi connectivity index (χ1n) is 13.6. The van der Waals surface area contributed by atoms with E-state index in [0.29, 0.717) is 12.2 Å². The van der Waals surface area contributed by atoms with Crippen molar-refractivity contribution < 1.29 is 24.5 Å². The number of carboxylic acid groups (broad SMARTS) is 2. The van der Waals surface area contributed by atoms with Crippen LogP contribution in [0, 0.1) is 0 Å². The molecule has 1 saturated heterocycles. The van der Waals surface area contributed by atoms with Gasteiger partial charge in [0.1, 0.15) is 11.9 Å². The van der Waals surface area contributed by atoms with Gasteiger partial charge < -0.3 is 25.2 Å². The largest absolute Gasteiger partial charge is 0.478 e. The predicted molar refractivity (Wildman–Crippen MR) is 156 cm³/mol. The van der Waals surface area contributed by atoms with Gasteiger partial charge in [-0.2, -0.15) is 0 Å². The van der Waals surface area contributed by atoms with Gasteiger partial charge >= 0.3 is 11.9 Å². The second kappa shape index (κ2) is 15.3. The highest BCUT2D eigenvalue weighted by molar-refractivity contribution is 5.89. The van der Waals surface area contributed by atoms with Crippen LogP contribution in [0.25, 0.3) is 5.65 Å². The molecule has 3 heterocycles. The second-order valence-electron chi connectivity index (χ2n) is 9.62. The zero-order valence-electron chi connectivity index (χ0n) is 22.8. The topological polar surface area (TPSA) is 129 Å². The van der Waals surface area contributed by atoms with Crippen LogP contribution in [0.3, 0.4) is 0 Å². The van der Waals surface area contributed by atoms with Crippen molar-refractivity contribution in [3.63, 3.8) is 0 Å². The summed E-state index contributed by atoms with van der Waals surface area (Å²) in [4.78, 5) is 25.9. The molecule has 1 fully saturated rings. The van der Waals surface area contributed by atoms with Gasteiger partial charge in [-0.1, -0.05) is 60.7 Å². The first-order chi connectivity index (χ1) is 20.0. The molecule has 0 aliphatic carbocycles. The van der Waals surface area contributed by atoms with Gasteiger partial charge in [0.15, 0.2) is 5.65 Å². The molecule has 0 atom stereocenters. The van der Waals surface area contributed by atoms with E-state index in [9.17, 15) is 9.59 Å². The number of carboxylic acids is 2. The number of benzene rings is 2. The molecule has 10 heteroatoms. The van der Waals surface area contributed by atoms with Crippen LogP contribution in [0.15, 0.2) is 97.3 Å². The molecule has 1 aliphatic rings. The van der Waals surface area contributed by atoms with Crippen LogP contribution in [0.2, 0.25) is 0 Å². The average Bonchev–Trinajstić information content (AvgIpc) is 3.47. The third-order valence-corrected chi connectivity index (χ3v) is 6.65. The van der Waals surface area contributed by atoms with Crippen molar-refractivity contribution in [1.29, 1.82) is 0 Å². The van der Waals surface area contributed by atoms with E-state index >= 15 is 0 Å². The Morgan fingerprint density at radius 2 is 1.54 bits per heavy atom. The minimum Gasteiger partial charge on any atom is -0.478 e. The zero-order valence-corrected chi connectivity index (χ0v) is 22.8. The van der Waals surface area contributed by atoms with Crippen molar-refractivity contribution in [3.8, 4) is 0 Å². The van der Waals surface area contributed by atoms with Crippen LogP contribution in [-0.4, -0.2) is 73.9 Å². The number of likely N-dealkylation sites (tertiary alicyclic amines) is 1. The lowest BCUT2D eigenvalue weighted by molar-refractivity contribution is -0.134. The fourth-order valence-electron chi connectivity index (χ4n) is 4.64. The van der Waals surface area contributed by atoms with Gasteiger partial charge in [-0.3, -0.25) is 0 Å². The summed E-state index contributed by atoms with van der Waals surface area (Å²) in [5.74, 6) is -1.62. The summed E-state index contributed by atoms with van der Waals surface area (Å²) in [5.41, 5.74) is 3.31. The van der Waals surface area contributed by atoms with Gasteiger partial charge in [0.05, 0.1) is 6.10 Å². The lowest BCUT2D eigenvalue weighted by atomic mass is 10.00. The number of ether oxygens (including phenoxy) is 1. The summed E-state index contributed by atoms with van der Waals surface area (Å²) in [5, 5.41) is 23.6. The molecule has 3 N–H and O–H groups in total. The third-order valence-electron chi connectivity index (χ3n) is 6.65. The lowest BCUT2D eigenvalue weighted by Gasteiger charge is -2.34. The minimum absolute atomic E-state index is 0.00603. The Hall–Kier alpha value is -4.54. The van der Waals surface area contributed by atoms with Crippen LogP contribution >= 0.6 is 0 Å². The minimum atomic E-state index is -1.26. The standard InChI is InChI=1S/C27H31N5O.C4H4O4/c1-3-8-22(9-4-1)27(23-10-5-2-6-11-23)33-24-14-19-31(20-15-24)18-7-16-28-25-12-13-26-29-17-21-32(26)30-25;5-3(6)1-2-4(7)8/h1-6,8-13,17,21,24,27H,7,14-16,18-20H2,(H,28,30);1-2H,(H,5,6)(H,7,8). The summed E-state index contributed by atoms with van der Waals surface area (Å²) in [6.45, 7) is 4.17. The average molecular weight is 558 g/mol. The normalized spacial score (nSPS) is 14.2. The number of carbonyl (C=O) groups is 2. The number of rotatable bonds is 11. The molecule has 0 amide bonds.